The van der Waals surface area contributed by atoms with Gasteiger partial charge in [-0.3, -0.25) is 14.4 Å². The van der Waals surface area contributed by atoms with Crippen LogP contribution in [0.2, 0.25) is 0 Å². The highest BCUT2D eigenvalue weighted by Crippen LogP contribution is 2.69. The standard InChI is InChI=1S/C35H44O10/c1-22(36)42-21-34-27(40-19-25-13-9-7-10-14-25)17-18-33(6,39)35(34)30(44-24(3)38)28(32(4,5)45-35)29(43-23(2)37)31(34)41-20-26-15-11-8-12-16-26/h7-16,27-31,39H,17-21H2,1-6H3. The van der Waals surface area contributed by atoms with Crippen molar-refractivity contribution in [1.29, 1.82) is 0 Å². The van der Waals surface area contributed by atoms with Crippen LogP contribution in [0.5, 0.6) is 0 Å². The largest absolute Gasteiger partial charge is 0.465 e. The summed E-state index contributed by atoms with van der Waals surface area (Å²) in [6, 6.07) is 19.1. The van der Waals surface area contributed by atoms with E-state index in [9.17, 15) is 19.5 Å². The maximum Gasteiger partial charge on any atom is 0.303 e. The third-order valence-corrected chi connectivity index (χ3v) is 9.75. The number of rotatable bonds is 10. The molecule has 3 aliphatic rings. The van der Waals surface area contributed by atoms with Crippen LogP contribution < -0.4 is 0 Å². The van der Waals surface area contributed by atoms with E-state index >= 15 is 0 Å². The zero-order valence-electron chi connectivity index (χ0n) is 26.8. The highest BCUT2D eigenvalue weighted by molar-refractivity contribution is 5.68. The molecule has 2 bridgehead atoms. The lowest BCUT2D eigenvalue weighted by Gasteiger charge is -2.66. The lowest BCUT2D eigenvalue weighted by atomic mass is 9.46. The minimum Gasteiger partial charge on any atom is -0.465 e. The highest BCUT2D eigenvalue weighted by Gasteiger charge is 2.86. The quantitative estimate of drug-likeness (QED) is 0.302. The zero-order chi connectivity index (χ0) is 32.6. The molecule has 2 aromatic rings. The second-order valence-corrected chi connectivity index (χ2v) is 13.2. The van der Waals surface area contributed by atoms with Gasteiger partial charge in [0.15, 0.2) is 0 Å². The number of fused-ring (bicyclic) bond motifs is 1. The summed E-state index contributed by atoms with van der Waals surface area (Å²) in [6.45, 7) is 9.16. The molecule has 2 aliphatic carbocycles. The van der Waals surface area contributed by atoms with E-state index in [0.717, 1.165) is 11.1 Å². The summed E-state index contributed by atoms with van der Waals surface area (Å²) in [5, 5.41) is 12.5. The van der Waals surface area contributed by atoms with Crippen molar-refractivity contribution < 1.29 is 47.9 Å². The Morgan fingerprint density at radius 1 is 0.800 bits per heavy atom. The fourth-order valence-electron chi connectivity index (χ4n) is 8.15. The number of carbonyl (C=O) groups excluding carboxylic acids is 3. The second kappa shape index (κ2) is 12.5. The number of hydrogen-bond donors (Lipinski definition) is 1. The third-order valence-electron chi connectivity index (χ3n) is 9.75. The maximum atomic E-state index is 12.8. The first-order chi connectivity index (χ1) is 21.2. The van der Waals surface area contributed by atoms with Crippen molar-refractivity contribution in [3.8, 4) is 0 Å². The van der Waals surface area contributed by atoms with Crippen molar-refractivity contribution >= 4 is 17.9 Å². The average Bonchev–Trinajstić information content (AvgIpc) is 3.17. The number of benzene rings is 2. The van der Waals surface area contributed by atoms with Crippen LogP contribution >= 0.6 is 0 Å². The second-order valence-electron chi connectivity index (χ2n) is 13.2. The van der Waals surface area contributed by atoms with Gasteiger partial charge in [-0.1, -0.05) is 60.7 Å². The van der Waals surface area contributed by atoms with Gasteiger partial charge >= 0.3 is 17.9 Å². The molecule has 8 atom stereocenters. The molecule has 0 aromatic heterocycles. The number of ether oxygens (including phenoxy) is 6. The first-order valence-electron chi connectivity index (χ1n) is 15.5. The molecule has 1 aliphatic heterocycles. The SMILES string of the molecule is CC(=O)OCC12C(OCc3ccccc3)CCC(C)(O)C13OC(C)(C)C(C(OC(C)=O)C2OCc1ccccc1)C3OC(C)=O. The van der Waals surface area contributed by atoms with Crippen molar-refractivity contribution in [3.63, 3.8) is 0 Å². The van der Waals surface area contributed by atoms with E-state index in [0.29, 0.717) is 6.42 Å². The first-order valence-corrected chi connectivity index (χ1v) is 15.5. The molecule has 0 radical (unpaired) electrons. The highest BCUT2D eigenvalue weighted by atomic mass is 16.6. The normalized spacial score (nSPS) is 34.8. The Labute approximate surface area is 264 Å². The van der Waals surface area contributed by atoms with Gasteiger partial charge in [-0.25, -0.2) is 0 Å². The van der Waals surface area contributed by atoms with Gasteiger partial charge in [0, 0.05) is 20.8 Å². The van der Waals surface area contributed by atoms with E-state index in [4.69, 9.17) is 28.4 Å². The fraction of sp³-hybridized carbons (Fsp3) is 0.571. The van der Waals surface area contributed by atoms with Crippen LogP contribution in [0.25, 0.3) is 0 Å². The van der Waals surface area contributed by atoms with Gasteiger partial charge < -0.3 is 33.5 Å². The van der Waals surface area contributed by atoms with Crippen molar-refractivity contribution in [2.45, 2.75) is 109 Å². The summed E-state index contributed by atoms with van der Waals surface area (Å²) in [5.74, 6) is -2.49. The molecule has 244 valence electrons. The van der Waals surface area contributed by atoms with Crippen molar-refractivity contribution in [1.82, 2.24) is 0 Å². The van der Waals surface area contributed by atoms with Crippen molar-refractivity contribution in [2.75, 3.05) is 6.61 Å². The van der Waals surface area contributed by atoms with Crippen LogP contribution in [-0.4, -0.2) is 70.8 Å². The molecule has 10 heteroatoms. The smallest absolute Gasteiger partial charge is 0.303 e. The number of aliphatic hydroxyl groups is 1. The number of carbonyl (C=O) groups is 3. The Kier molecular flexibility index (Phi) is 9.16. The van der Waals surface area contributed by atoms with Gasteiger partial charge in [0.2, 0.25) is 0 Å². The molecule has 1 spiro atoms. The summed E-state index contributed by atoms with van der Waals surface area (Å²) >= 11 is 0. The Morgan fingerprint density at radius 3 is 1.89 bits per heavy atom. The molecule has 1 N–H and O–H groups in total. The van der Waals surface area contributed by atoms with Gasteiger partial charge in [-0.15, -0.1) is 0 Å². The third kappa shape index (κ3) is 5.78. The molecule has 1 heterocycles. The van der Waals surface area contributed by atoms with Gasteiger partial charge in [-0.05, 0) is 44.7 Å². The minimum absolute atomic E-state index is 0.111. The van der Waals surface area contributed by atoms with Crippen LogP contribution in [0.1, 0.15) is 65.5 Å². The molecule has 5 rings (SSSR count). The molecule has 1 saturated heterocycles. The van der Waals surface area contributed by atoms with E-state index < -0.39 is 70.5 Å². The van der Waals surface area contributed by atoms with E-state index in [1.807, 2.05) is 74.5 Å². The van der Waals surface area contributed by atoms with Crippen LogP contribution in [0.15, 0.2) is 60.7 Å². The molecule has 3 fully saturated rings. The lowest BCUT2D eigenvalue weighted by molar-refractivity contribution is -0.360. The van der Waals surface area contributed by atoms with Crippen LogP contribution in [0.3, 0.4) is 0 Å². The fourth-order valence-corrected chi connectivity index (χ4v) is 8.15. The number of hydrogen-bond acceptors (Lipinski definition) is 10. The first kappa shape index (κ1) is 33.1. The van der Waals surface area contributed by atoms with E-state index in [-0.39, 0.29) is 26.2 Å². The minimum atomic E-state index is -1.70. The molecule has 0 amide bonds. The lowest BCUT2D eigenvalue weighted by Crippen LogP contribution is -2.83. The van der Waals surface area contributed by atoms with Gasteiger partial charge in [0.05, 0.1) is 41.9 Å². The summed E-state index contributed by atoms with van der Waals surface area (Å²) in [4.78, 5) is 38.2. The summed E-state index contributed by atoms with van der Waals surface area (Å²) in [5.41, 5.74) is -4.18. The van der Waals surface area contributed by atoms with Crippen LogP contribution in [0, 0.1) is 11.3 Å². The van der Waals surface area contributed by atoms with Gasteiger partial charge in [-0.2, -0.15) is 0 Å². The van der Waals surface area contributed by atoms with Crippen LogP contribution in [0.4, 0.5) is 0 Å². The van der Waals surface area contributed by atoms with Crippen LogP contribution in [-0.2, 0) is 56.0 Å². The molecule has 8 unspecified atom stereocenters. The Morgan fingerprint density at radius 2 is 1.36 bits per heavy atom. The molecule has 2 aromatic carbocycles. The van der Waals surface area contributed by atoms with Gasteiger partial charge in [0.1, 0.15) is 30.5 Å². The monoisotopic (exact) mass is 624 g/mol. The van der Waals surface area contributed by atoms with Crippen molar-refractivity contribution in [3.05, 3.63) is 71.8 Å². The zero-order valence-corrected chi connectivity index (χ0v) is 26.8. The molecular weight excluding hydrogens is 580 g/mol. The van der Waals surface area contributed by atoms with Gasteiger partial charge in [0.25, 0.3) is 0 Å². The molecule has 2 saturated carbocycles. The van der Waals surface area contributed by atoms with E-state index in [2.05, 4.69) is 0 Å². The molecule has 45 heavy (non-hydrogen) atoms. The summed E-state index contributed by atoms with van der Waals surface area (Å²) in [7, 11) is 0. The Bertz CT molecular complexity index is 1380. The predicted octanol–water partition coefficient (Wildman–Crippen LogP) is 4.29. The molecular formula is C35H44O10. The Balaban J connectivity index is 1.77. The Hall–Kier alpha value is -3.31. The topological polar surface area (TPSA) is 127 Å². The predicted molar refractivity (Wildman–Crippen MR) is 161 cm³/mol. The summed E-state index contributed by atoms with van der Waals surface area (Å²) in [6.07, 6.45) is -3.38. The van der Waals surface area contributed by atoms with E-state index in [1.165, 1.54) is 20.8 Å². The average molecular weight is 625 g/mol. The maximum absolute atomic E-state index is 12.8. The number of esters is 3. The molecule has 10 nitrogen and oxygen atoms in total. The summed E-state index contributed by atoms with van der Waals surface area (Å²) < 4.78 is 38.6. The van der Waals surface area contributed by atoms with E-state index in [1.54, 1.807) is 6.92 Å². The van der Waals surface area contributed by atoms with Crippen molar-refractivity contribution in [2.24, 2.45) is 11.3 Å².